The van der Waals surface area contributed by atoms with E-state index in [1.54, 1.807) is 0 Å². The van der Waals surface area contributed by atoms with Crippen molar-refractivity contribution in [3.63, 3.8) is 0 Å². The van der Waals surface area contributed by atoms with E-state index in [2.05, 4.69) is 10.3 Å². The highest BCUT2D eigenvalue weighted by Gasteiger charge is 2.32. The zero-order valence-electron chi connectivity index (χ0n) is 21.3. The number of esters is 1. The van der Waals surface area contributed by atoms with Crippen molar-refractivity contribution >= 4 is 18.2 Å². The van der Waals surface area contributed by atoms with Gasteiger partial charge < -0.3 is 33.8 Å². The fraction of sp³-hybridized carbons (Fsp3) is 0.462. The van der Waals surface area contributed by atoms with E-state index in [1.165, 1.54) is 33.2 Å². The molecule has 36 heavy (non-hydrogen) atoms. The predicted molar refractivity (Wildman–Crippen MR) is 131 cm³/mol. The number of ether oxygens (including phenoxy) is 5. The van der Waals surface area contributed by atoms with Gasteiger partial charge in [0.1, 0.15) is 29.8 Å². The molecule has 1 amide bonds. The van der Waals surface area contributed by atoms with Gasteiger partial charge in [-0.05, 0) is 32.4 Å². The number of rotatable bonds is 15. The van der Waals surface area contributed by atoms with Gasteiger partial charge >= 0.3 is 5.97 Å². The van der Waals surface area contributed by atoms with Gasteiger partial charge in [-0.1, -0.05) is 25.1 Å². The van der Waals surface area contributed by atoms with Gasteiger partial charge in [-0.3, -0.25) is 9.59 Å². The van der Waals surface area contributed by atoms with Crippen molar-refractivity contribution in [2.45, 2.75) is 51.9 Å². The molecule has 2 rings (SSSR count). The molecule has 10 heteroatoms. The summed E-state index contributed by atoms with van der Waals surface area (Å²) >= 11 is 0. The molecule has 1 N–H and O–H groups in total. The van der Waals surface area contributed by atoms with Crippen LogP contribution in [0.4, 0.5) is 0 Å². The molecule has 1 heterocycles. The zero-order valence-corrected chi connectivity index (χ0v) is 21.3. The first kappa shape index (κ1) is 28.7. The molecular formula is C26H34N2O8. The van der Waals surface area contributed by atoms with Gasteiger partial charge in [0, 0.05) is 25.8 Å². The largest absolute Gasteiger partial charge is 0.493 e. The Balaban J connectivity index is 2.15. The smallest absolute Gasteiger partial charge is 0.308 e. The highest BCUT2D eigenvalue weighted by Crippen LogP contribution is 2.30. The molecule has 0 bridgehead atoms. The molecule has 0 unspecified atom stereocenters. The molecule has 1 aromatic carbocycles. The Hall–Kier alpha value is -3.50. The number of methoxy groups -OCH3 is 1. The Bertz CT molecular complexity index is 1000. The van der Waals surface area contributed by atoms with Crippen LogP contribution in [0.1, 0.15) is 44.6 Å². The number of nitrogens with one attached hydrogen (secondary N) is 1. The monoisotopic (exact) mass is 502 g/mol. The average molecular weight is 503 g/mol. The number of aromatic nitrogens is 1. The molecule has 0 spiro atoms. The standard InChI is InChI=1S/C26H34N2O8/c1-6-14-33-15-22(18(2)35-20-10-8-7-9-11-20)34-17-26(4,16-29)28-25(31)23-24(36-19(3)30)21(32-5)12-13-27-23/h7-13,16,18,22H,6,14-15,17H2,1-5H3,(H,28,31)/t18-,22+,26+/m0/s1. The number of aldehydes is 1. The van der Waals surface area contributed by atoms with Gasteiger partial charge in [0.05, 0.1) is 20.3 Å². The average Bonchev–Trinajstić information content (AvgIpc) is 2.86. The summed E-state index contributed by atoms with van der Waals surface area (Å²) in [5, 5.41) is 2.61. The number of benzene rings is 1. The summed E-state index contributed by atoms with van der Waals surface area (Å²) < 4.78 is 28.0. The van der Waals surface area contributed by atoms with Gasteiger partial charge in [-0.2, -0.15) is 0 Å². The van der Waals surface area contributed by atoms with Crippen LogP contribution < -0.4 is 19.5 Å². The molecule has 0 radical (unpaired) electrons. The molecule has 1 aromatic heterocycles. The first-order valence-electron chi connectivity index (χ1n) is 11.6. The predicted octanol–water partition coefficient (Wildman–Crippen LogP) is 2.98. The topological polar surface area (TPSA) is 122 Å². The second-order valence-corrected chi connectivity index (χ2v) is 8.33. The molecule has 0 saturated heterocycles. The van der Waals surface area contributed by atoms with Crippen molar-refractivity contribution in [1.29, 1.82) is 0 Å². The molecule has 0 aliphatic heterocycles. The minimum absolute atomic E-state index is 0.144. The molecular weight excluding hydrogens is 468 g/mol. The van der Waals surface area contributed by atoms with Gasteiger partial charge in [0.2, 0.25) is 5.75 Å². The summed E-state index contributed by atoms with van der Waals surface area (Å²) in [6.07, 6.45) is 1.80. The minimum Gasteiger partial charge on any atom is -0.493 e. The Morgan fingerprint density at radius 3 is 2.53 bits per heavy atom. The number of para-hydroxylation sites is 1. The van der Waals surface area contributed by atoms with Crippen molar-refractivity contribution in [3.8, 4) is 17.2 Å². The molecule has 0 saturated carbocycles. The number of nitrogens with zero attached hydrogens (tertiary/aromatic N) is 1. The van der Waals surface area contributed by atoms with Crippen molar-refractivity contribution in [2.24, 2.45) is 0 Å². The third-order valence-corrected chi connectivity index (χ3v) is 5.02. The fourth-order valence-corrected chi connectivity index (χ4v) is 3.15. The summed E-state index contributed by atoms with van der Waals surface area (Å²) in [7, 11) is 1.37. The van der Waals surface area contributed by atoms with E-state index in [-0.39, 0.29) is 30.4 Å². The lowest BCUT2D eigenvalue weighted by molar-refractivity contribution is -0.132. The number of hydrogen-bond donors (Lipinski definition) is 1. The molecule has 2 aromatic rings. The summed E-state index contributed by atoms with van der Waals surface area (Å²) in [4.78, 5) is 40.6. The summed E-state index contributed by atoms with van der Waals surface area (Å²) in [5.74, 6) is -0.721. The van der Waals surface area contributed by atoms with Crippen LogP contribution in [0, 0.1) is 0 Å². The van der Waals surface area contributed by atoms with E-state index < -0.39 is 29.6 Å². The SMILES string of the molecule is CCCOC[C@@H](OC[C@@](C)(C=O)NC(=O)c1nccc(OC)c1OC(C)=O)[C@H](C)Oc1ccccc1. The second kappa shape index (κ2) is 14.2. The molecule has 0 aliphatic carbocycles. The molecule has 0 aliphatic rings. The van der Waals surface area contributed by atoms with Crippen LogP contribution in [0.15, 0.2) is 42.6 Å². The van der Waals surface area contributed by atoms with E-state index in [0.717, 1.165) is 6.42 Å². The van der Waals surface area contributed by atoms with Gasteiger partial charge in [-0.25, -0.2) is 4.98 Å². The van der Waals surface area contributed by atoms with Crippen LogP contribution in [0.5, 0.6) is 17.2 Å². The van der Waals surface area contributed by atoms with Gasteiger partial charge in [0.15, 0.2) is 11.4 Å². The third-order valence-electron chi connectivity index (χ3n) is 5.02. The van der Waals surface area contributed by atoms with Crippen molar-refractivity contribution in [2.75, 3.05) is 26.9 Å². The quantitative estimate of drug-likeness (QED) is 0.222. The van der Waals surface area contributed by atoms with E-state index in [4.69, 9.17) is 23.7 Å². The van der Waals surface area contributed by atoms with Crippen LogP contribution >= 0.6 is 0 Å². The van der Waals surface area contributed by atoms with E-state index in [1.807, 2.05) is 44.2 Å². The Kier molecular flexibility index (Phi) is 11.3. The Labute approximate surface area is 211 Å². The number of pyridine rings is 1. The summed E-state index contributed by atoms with van der Waals surface area (Å²) in [5.41, 5.74) is -1.63. The van der Waals surface area contributed by atoms with Crippen molar-refractivity contribution in [1.82, 2.24) is 10.3 Å². The maximum atomic E-state index is 13.0. The maximum Gasteiger partial charge on any atom is 0.308 e. The van der Waals surface area contributed by atoms with E-state index in [9.17, 15) is 14.4 Å². The van der Waals surface area contributed by atoms with Crippen LogP contribution in [-0.2, 0) is 19.1 Å². The first-order valence-corrected chi connectivity index (χ1v) is 11.6. The van der Waals surface area contributed by atoms with E-state index >= 15 is 0 Å². The van der Waals surface area contributed by atoms with Crippen molar-refractivity contribution < 1.29 is 38.1 Å². The third kappa shape index (κ3) is 8.62. The van der Waals surface area contributed by atoms with Crippen LogP contribution in [0.2, 0.25) is 0 Å². The number of carbonyl (C=O) groups is 3. The fourth-order valence-electron chi connectivity index (χ4n) is 3.15. The number of hydrogen-bond acceptors (Lipinski definition) is 9. The molecule has 196 valence electrons. The minimum atomic E-state index is -1.43. The van der Waals surface area contributed by atoms with Crippen LogP contribution in [0.25, 0.3) is 0 Å². The lowest BCUT2D eigenvalue weighted by Crippen LogP contribution is -2.53. The van der Waals surface area contributed by atoms with Crippen LogP contribution in [0.3, 0.4) is 0 Å². The highest BCUT2D eigenvalue weighted by atomic mass is 16.6. The van der Waals surface area contributed by atoms with Gasteiger partial charge in [-0.15, -0.1) is 0 Å². The molecule has 3 atom stereocenters. The summed E-state index contributed by atoms with van der Waals surface area (Å²) in [6.45, 7) is 7.15. The van der Waals surface area contributed by atoms with E-state index in [0.29, 0.717) is 18.6 Å². The normalized spacial score (nSPS) is 14.1. The molecule has 0 fully saturated rings. The lowest BCUT2D eigenvalue weighted by atomic mass is 10.1. The van der Waals surface area contributed by atoms with Crippen molar-refractivity contribution in [3.05, 3.63) is 48.3 Å². The second-order valence-electron chi connectivity index (χ2n) is 8.33. The zero-order chi connectivity index (χ0) is 26.6. The Morgan fingerprint density at radius 2 is 1.92 bits per heavy atom. The van der Waals surface area contributed by atoms with Gasteiger partial charge in [0.25, 0.3) is 5.91 Å². The van der Waals surface area contributed by atoms with Crippen LogP contribution in [-0.4, -0.2) is 67.8 Å². The Morgan fingerprint density at radius 1 is 1.19 bits per heavy atom. The maximum absolute atomic E-state index is 13.0. The number of amides is 1. The highest BCUT2D eigenvalue weighted by molar-refractivity contribution is 5.98. The number of carbonyl (C=O) groups excluding carboxylic acids is 3. The lowest BCUT2D eigenvalue weighted by Gasteiger charge is -2.30. The summed E-state index contributed by atoms with van der Waals surface area (Å²) in [6, 6.07) is 10.7. The molecule has 10 nitrogen and oxygen atoms in total. The first-order chi connectivity index (χ1) is 17.2.